The van der Waals surface area contributed by atoms with E-state index in [4.69, 9.17) is 9.73 Å². The highest BCUT2D eigenvalue weighted by molar-refractivity contribution is 9.10. The molecule has 3 atom stereocenters. The van der Waals surface area contributed by atoms with Crippen LogP contribution in [0.5, 0.6) is 0 Å². The number of fused-ring (bicyclic) bond motifs is 1. The Balaban J connectivity index is 1.71. The number of aliphatic hydroxyl groups is 1. The van der Waals surface area contributed by atoms with Crippen LogP contribution in [-0.4, -0.2) is 41.3 Å². The number of nitrogens with zero attached hydrogens (tertiary/aromatic N) is 1. The SMILES string of the molecule is O=C(NC1=N[C@@]2(c3cc(Br)ccc3F)COC(CO)C[C@H]2CS1)c1ccccc1. The molecule has 5 nitrogen and oxygen atoms in total. The van der Waals surface area contributed by atoms with E-state index in [1.165, 1.54) is 17.8 Å². The van der Waals surface area contributed by atoms with Crippen LogP contribution in [0.25, 0.3) is 0 Å². The van der Waals surface area contributed by atoms with Gasteiger partial charge in [-0.3, -0.25) is 4.79 Å². The van der Waals surface area contributed by atoms with Crippen molar-refractivity contribution in [2.24, 2.45) is 10.9 Å². The highest BCUT2D eigenvalue weighted by atomic mass is 79.9. The molecule has 0 radical (unpaired) electrons. The molecule has 2 aromatic rings. The molecular formula is C21H20BrFN2O3S. The Morgan fingerprint density at radius 1 is 1.34 bits per heavy atom. The lowest BCUT2D eigenvalue weighted by Gasteiger charge is -2.46. The van der Waals surface area contributed by atoms with Crippen LogP contribution in [0.1, 0.15) is 22.3 Å². The minimum atomic E-state index is -0.954. The molecule has 0 aromatic heterocycles. The molecular weight excluding hydrogens is 459 g/mol. The smallest absolute Gasteiger partial charge is 0.257 e. The Kier molecular flexibility index (Phi) is 6.06. The monoisotopic (exact) mass is 478 g/mol. The van der Waals surface area contributed by atoms with E-state index < -0.39 is 5.54 Å². The predicted octanol–water partition coefficient (Wildman–Crippen LogP) is 3.71. The van der Waals surface area contributed by atoms with Crippen molar-refractivity contribution in [3.8, 4) is 0 Å². The second kappa shape index (κ2) is 8.55. The largest absolute Gasteiger partial charge is 0.394 e. The average molecular weight is 479 g/mol. The first-order chi connectivity index (χ1) is 14.0. The number of halogens is 2. The van der Waals surface area contributed by atoms with Crippen LogP contribution < -0.4 is 5.32 Å². The van der Waals surface area contributed by atoms with Gasteiger partial charge in [0, 0.05) is 27.3 Å². The first kappa shape index (κ1) is 20.5. The van der Waals surface area contributed by atoms with Gasteiger partial charge in [0.05, 0.1) is 19.3 Å². The van der Waals surface area contributed by atoms with Crippen LogP contribution in [0.3, 0.4) is 0 Å². The number of amides is 1. The van der Waals surface area contributed by atoms with Gasteiger partial charge < -0.3 is 15.2 Å². The lowest BCUT2D eigenvalue weighted by molar-refractivity contribution is -0.0771. The fraction of sp³-hybridized carbons (Fsp3) is 0.333. The number of aliphatic imine (C=N–C) groups is 1. The molecule has 0 spiro atoms. The minimum absolute atomic E-state index is 0.0282. The molecule has 2 aliphatic rings. The van der Waals surface area contributed by atoms with E-state index in [-0.39, 0.29) is 37.0 Å². The van der Waals surface area contributed by atoms with Gasteiger partial charge in [0.1, 0.15) is 11.4 Å². The van der Waals surface area contributed by atoms with Crippen LogP contribution in [0.2, 0.25) is 0 Å². The molecule has 152 valence electrons. The summed E-state index contributed by atoms with van der Waals surface area (Å²) in [5.41, 5.74) is 0.00486. The lowest BCUT2D eigenvalue weighted by Crippen LogP contribution is -2.51. The molecule has 0 bridgehead atoms. The zero-order chi connectivity index (χ0) is 20.4. The van der Waals surface area contributed by atoms with Crippen LogP contribution in [0.15, 0.2) is 58.0 Å². The van der Waals surface area contributed by atoms with Crippen molar-refractivity contribution in [2.75, 3.05) is 19.0 Å². The van der Waals surface area contributed by atoms with Crippen molar-refractivity contribution in [2.45, 2.75) is 18.1 Å². The summed E-state index contributed by atoms with van der Waals surface area (Å²) in [5.74, 6) is -0.0157. The van der Waals surface area contributed by atoms with Gasteiger partial charge >= 0.3 is 0 Å². The van der Waals surface area contributed by atoms with Gasteiger partial charge in [-0.1, -0.05) is 45.9 Å². The molecule has 1 amide bonds. The number of hydrogen-bond acceptors (Lipinski definition) is 5. The van der Waals surface area contributed by atoms with Crippen LogP contribution in [0, 0.1) is 11.7 Å². The van der Waals surface area contributed by atoms with Crippen molar-refractivity contribution in [3.63, 3.8) is 0 Å². The highest BCUT2D eigenvalue weighted by Gasteiger charge is 2.49. The second-order valence-corrected chi connectivity index (χ2v) is 9.07. The standard InChI is InChI=1S/C21H20BrFN2O3S/c22-15-6-7-18(23)17(9-15)21-12-28-16(10-26)8-14(21)11-29-20(25-21)24-19(27)13-4-2-1-3-5-13/h1-7,9,14,16,26H,8,10-12H2,(H,24,25,27)/t14-,16?,21-/m0/s1. The average Bonchev–Trinajstić information content (AvgIpc) is 2.75. The van der Waals surface area contributed by atoms with Gasteiger partial charge in [0.25, 0.3) is 5.91 Å². The predicted molar refractivity (Wildman–Crippen MR) is 115 cm³/mol. The fourth-order valence-electron chi connectivity index (χ4n) is 3.80. The maximum Gasteiger partial charge on any atom is 0.257 e. The Bertz CT molecular complexity index is 943. The van der Waals surface area contributed by atoms with Gasteiger partial charge in [-0.2, -0.15) is 0 Å². The Morgan fingerprint density at radius 2 is 2.14 bits per heavy atom. The molecule has 2 N–H and O–H groups in total. The molecule has 29 heavy (non-hydrogen) atoms. The van der Waals surface area contributed by atoms with Gasteiger partial charge in [0.2, 0.25) is 0 Å². The summed E-state index contributed by atoms with van der Waals surface area (Å²) >= 11 is 4.85. The molecule has 4 rings (SSSR count). The van der Waals surface area contributed by atoms with Crippen molar-refractivity contribution >= 4 is 38.8 Å². The molecule has 0 saturated carbocycles. The number of carbonyl (C=O) groups is 1. The first-order valence-corrected chi connectivity index (χ1v) is 11.1. The van der Waals surface area contributed by atoms with Gasteiger partial charge in [-0.15, -0.1) is 0 Å². The number of ether oxygens (including phenoxy) is 1. The zero-order valence-electron chi connectivity index (χ0n) is 15.5. The number of thioether (sulfide) groups is 1. The van der Waals surface area contributed by atoms with Crippen molar-refractivity contribution < 1.29 is 19.0 Å². The number of amidine groups is 1. The summed E-state index contributed by atoms with van der Waals surface area (Å²) < 4.78 is 21.4. The van der Waals surface area contributed by atoms with Gasteiger partial charge in [0.15, 0.2) is 5.17 Å². The quantitative estimate of drug-likeness (QED) is 0.705. The normalized spacial score (nSPS) is 26.4. The third kappa shape index (κ3) is 4.12. The Morgan fingerprint density at radius 3 is 2.90 bits per heavy atom. The number of carbonyl (C=O) groups excluding carboxylic acids is 1. The summed E-state index contributed by atoms with van der Waals surface area (Å²) in [6.45, 7) is 0.0566. The van der Waals surface area contributed by atoms with Crippen molar-refractivity contribution in [1.82, 2.24) is 5.32 Å². The molecule has 1 unspecified atom stereocenters. The molecule has 2 heterocycles. The number of aliphatic hydroxyl groups excluding tert-OH is 1. The van der Waals surface area contributed by atoms with Crippen LogP contribution in [0.4, 0.5) is 4.39 Å². The Labute approximate surface area is 180 Å². The van der Waals surface area contributed by atoms with E-state index in [0.29, 0.717) is 28.5 Å². The summed E-state index contributed by atoms with van der Waals surface area (Å²) in [4.78, 5) is 17.4. The van der Waals surface area contributed by atoms with E-state index >= 15 is 0 Å². The van der Waals surface area contributed by atoms with Gasteiger partial charge in [-0.25, -0.2) is 9.38 Å². The van der Waals surface area contributed by atoms with Gasteiger partial charge in [-0.05, 0) is 36.8 Å². The summed E-state index contributed by atoms with van der Waals surface area (Å²) in [7, 11) is 0. The molecule has 1 fully saturated rings. The van der Waals surface area contributed by atoms with Crippen LogP contribution in [-0.2, 0) is 10.3 Å². The lowest BCUT2D eigenvalue weighted by atomic mass is 9.75. The van der Waals surface area contributed by atoms with E-state index in [9.17, 15) is 14.3 Å². The number of rotatable bonds is 3. The minimum Gasteiger partial charge on any atom is -0.394 e. The number of hydrogen-bond donors (Lipinski definition) is 2. The molecule has 2 aliphatic heterocycles. The summed E-state index contributed by atoms with van der Waals surface area (Å²) in [6, 6.07) is 13.7. The second-order valence-electron chi connectivity index (χ2n) is 7.14. The fourth-order valence-corrected chi connectivity index (χ4v) is 5.33. The van der Waals surface area contributed by atoms with E-state index in [2.05, 4.69) is 21.2 Å². The highest BCUT2D eigenvalue weighted by Crippen LogP contribution is 2.47. The van der Waals surface area contributed by atoms with E-state index in [1.54, 1.807) is 36.4 Å². The van der Waals surface area contributed by atoms with E-state index in [1.807, 2.05) is 6.07 Å². The maximum absolute atomic E-state index is 14.9. The summed E-state index contributed by atoms with van der Waals surface area (Å²) in [5, 5.41) is 12.8. The zero-order valence-corrected chi connectivity index (χ0v) is 17.9. The Hall–Kier alpha value is -1.74. The number of nitrogens with one attached hydrogen (secondary N) is 1. The molecule has 8 heteroatoms. The topological polar surface area (TPSA) is 70.9 Å². The molecule has 1 saturated heterocycles. The third-order valence-electron chi connectivity index (χ3n) is 5.34. The van der Waals surface area contributed by atoms with Crippen molar-refractivity contribution in [3.05, 3.63) is 69.9 Å². The number of benzene rings is 2. The molecule has 2 aromatic carbocycles. The maximum atomic E-state index is 14.9. The van der Waals surface area contributed by atoms with Crippen molar-refractivity contribution in [1.29, 1.82) is 0 Å². The first-order valence-electron chi connectivity index (χ1n) is 9.29. The summed E-state index contributed by atoms with van der Waals surface area (Å²) in [6.07, 6.45) is 0.276. The van der Waals surface area contributed by atoms with E-state index in [0.717, 1.165) is 4.47 Å². The third-order valence-corrected chi connectivity index (χ3v) is 6.87. The van der Waals surface area contributed by atoms with Crippen LogP contribution >= 0.6 is 27.7 Å². The molecule has 0 aliphatic carbocycles.